The highest BCUT2D eigenvalue weighted by molar-refractivity contribution is 7.99. The SMILES string of the molecule is CC(C)(C)SCc1noc(C2(N)CCOC2)n1. The Morgan fingerprint density at radius 2 is 2.24 bits per heavy atom. The zero-order valence-corrected chi connectivity index (χ0v) is 11.3. The predicted octanol–water partition coefficient (Wildman–Crippen LogP) is 1.68. The van der Waals surface area contributed by atoms with Crippen molar-refractivity contribution in [1.82, 2.24) is 10.1 Å². The Bertz CT molecular complexity index is 380. The fraction of sp³-hybridized carbons (Fsp3) is 0.818. The van der Waals surface area contributed by atoms with Crippen LogP contribution in [0.1, 0.15) is 38.9 Å². The maximum absolute atomic E-state index is 6.15. The van der Waals surface area contributed by atoms with Crippen LogP contribution in [-0.2, 0) is 16.0 Å². The Balaban J connectivity index is 2.01. The summed E-state index contributed by atoms with van der Waals surface area (Å²) in [6.45, 7) is 7.60. The van der Waals surface area contributed by atoms with E-state index in [0.29, 0.717) is 24.9 Å². The molecule has 2 N–H and O–H groups in total. The van der Waals surface area contributed by atoms with E-state index in [1.54, 1.807) is 11.8 Å². The van der Waals surface area contributed by atoms with Crippen molar-refractivity contribution >= 4 is 11.8 Å². The van der Waals surface area contributed by atoms with Gasteiger partial charge < -0.3 is 15.0 Å². The van der Waals surface area contributed by atoms with Gasteiger partial charge in [0.05, 0.1) is 12.4 Å². The second kappa shape index (κ2) is 4.59. The van der Waals surface area contributed by atoms with E-state index in [-0.39, 0.29) is 4.75 Å². The molecular weight excluding hydrogens is 238 g/mol. The van der Waals surface area contributed by atoms with Crippen molar-refractivity contribution in [1.29, 1.82) is 0 Å². The first kappa shape index (κ1) is 12.9. The zero-order chi connectivity index (χ0) is 12.5. The lowest BCUT2D eigenvalue weighted by molar-refractivity contribution is 0.166. The Hall–Kier alpha value is -0.590. The second-order valence-corrected chi connectivity index (χ2v) is 7.18. The van der Waals surface area contributed by atoms with Gasteiger partial charge >= 0.3 is 0 Å². The molecule has 1 atom stereocenters. The number of nitrogens with two attached hydrogens (primary N) is 1. The number of ether oxygens (including phenoxy) is 1. The summed E-state index contributed by atoms with van der Waals surface area (Å²) in [4.78, 5) is 4.36. The van der Waals surface area contributed by atoms with Gasteiger partial charge in [0.25, 0.3) is 0 Å². The summed E-state index contributed by atoms with van der Waals surface area (Å²) in [6, 6.07) is 0. The minimum absolute atomic E-state index is 0.192. The van der Waals surface area contributed by atoms with E-state index < -0.39 is 5.54 Å². The molecule has 1 fully saturated rings. The average Bonchev–Trinajstić information content (AvgIpc) is 2.83. The molecule has 1 aliphatic rings. The average molecular weight is 257 g/mol. The summed E-state index contributed by atoms with van der Waals surface area (Å²) in [5.41, 5.74) is 5.56. The van der Waals surface area contributed by atoms with Gasteiger partial charge in [-0.15, -0.1) is 11.8 Å². The number of thioether (sulfide) groups is 1. The van der Waals surface area contributed by atoms with E-state index in [0.717, 1.165) is 12.2 Å². The first-order chi connectivity index (χ1) is 7.89. The molecule has 2 rings (SSSR count). The van der Waals surface area contributed by atoms with Gasteiger partial charge in [-0.3, -0.25) is 0 Å². The van der Waals surface area contributed by atoms with E-state index in [2.05, 4.69) is 30.9 Å². The first-order valence-electron chi connectivity index (χ1n) is 5.73. The smallest absolute Gasteiger partial charge is 0.249 e. The van der Waals surface area contributed by atoms with Gasteiger partial charge in [0.1, 0.15) is 5.54 Å². The van der Waals surface area contributed by atoms with Crippen LogP contribution < -0.4 is 5.73 Å². The van der Waals surface area contributed by atoms with Crippen LogP contribution in [0, 0.1) is 0 Å². The summed E-state index contributed by atoms with van der Waals surface area (Å²) < 4.78 is 10.7. The number of hydrogen-bond acceptors (Lipinski definition) is 6. The van der Waals surface area contributed by atoms with E-state index in [4.69, 9.17) is 15.0 Å². The number of aromatic nitrogens is 2. The normalized spacial score (nSPS) is 25.4. The maximum Gasteiger partial charge on any atom is 0.249 e. The van der Waals surface area contributed by atoms with Gasteiger partial charge in [0, 0.05) is 11.4 Å². The first-order valence-corrected chi connectivity index (χ1v) is 6.71. The van der Waals surface area contributed by atoms with Gasteiger partial charge in [0.2, 0.25) is 5.89 Å². The molecule has 0 amide bonds. The highest BCUT2D eigenvalue weighted by Crippen LogP contribution is 2.29. The van der Waals surface area contributed by atoms with Gasteiger partial charge in [-0.05, 0) is 6.42 Å². The molecule has 0 saturated carbocycles. The number of hydrogen-bond donors (Lipinski definition) is 1. The lowest BCUT2D eigenvalue weighted by Gasteiger charge is -2.16. The molecule has 2 heterocycles. The van der Waals surface area contributed by atoms with E-state index >= 15 is 0 Å². The summed E-state index contributed by atoms with van der Waals surface area (Å²) in [5.74, 6) is 1.94. The standard InChI is InChI=1S/C11H19N3O2S/c1-10(2,3)17-6-8-13-9(16-14-8)11(12)4-5-15-7-11/h4-7,12H2,1-3H3. The fourth-order valence-corrected chi connectivity index (χ4v) is 2.22. The van der Waals surface area contributed by atoms with Gasteiger partial charge in [0.15, 0.2) is 5.82 Å². The van der Waals surface area contributed by atoms with Crippen LogP contribution >= 0.6 is 11.8 Å². The van der Waals surface area contributed by atoms with Crippen LogP contribution in [0.15, 0.2) is 4.52 Å². The second-order valence-electron chi connectivity index (χ2n) is 5.38. The van der Waals surface area contributed by atoms with E-state index in [1.165, 1.54) is 0 Å². The molecule has 0 spiro atoms. The fourth-order valence-electron chi connectivity index (χ4n) is 1.55. The van der Waals surface area contributed by atoms with Crippen molar-refractivity contribution in [2.75, 3.05) is 13.2 Å². The minimum Gasteiger partial charge on any atom is -0.379 e. The lowest BCUT2D eigenvalue weighted by atomic mass is 10.0. The predicted molar refractivity (Wildman–Crippen MR) is 66.6 cm³/mol. The van der Waals surface area contributed by atoms with Crippen molar-refractivity contribution in [2.45, 2.75) is 43.2 Å². The van der Waals surface area contributed by atoms with Gasteiger partial charge in [-0.1, -0.05) is 25.9 Å². The quantitative estimate of drug-likeness (QED) is 0.888. The van der Waals surface area contributed by atoms with Crippen molar-refractivity contribution in [3.63, 3.8) is 0 Å². The summed E-state index contributed by atoms with van der Waals surface area (Å²) >= 11 is 1.78. The number of nitrogens with zero attached hydrogens (tertiary/aromatic N) is 2. The van der Waals surface area contributed by atoms with Crippen molar-refractivity contribution in [3.8, 4) is 0 Å². The zero-order valence-electron chi connectivity index (χ0n) is 10.5. The van der Waals surface area contributed by atoms with Crippen molar-refractivity contribution in [2.24, 2.45) is 5.73 Å². The van der Waals surface area contributed by atoms with Crippen LogP contribution in [-0.4, -0.2) is 28.1 Å². The van der Waals surface area contributed by atoms with Crippen LogP contribution in [0.25, 0.3) is 0 Å². The Morgan fingerprint density at radius 1 is 1.47 bits per heavy atom. The third-order valence-corrected chi connectivity index (χ3v) is 3.85. The monoisotopic (exact) mass is 257 g/mol. The Labute approximate surface area is 105 Å². The molecule has 0 bridgehead atoms. The van der Waals surface area contributed by atoms with Gasteiger partial charge in [-0.2, -0.15) is 4.98 Å². The number of rotatable bonds is 3. The van der Waals surface area contributed by atoms with Gasteiger partial charge in [-0.25, -0.2) is 0 Å². The molecule has 0 radical (unpaired) electrons. The highest BCUT2D eigenvalue weighted by atomic mass is 32.2. The Kier molecular flexibility index (Phi) is 3.47. The van der Waals surface area contributed by atoms with Crippen LogP contribution in [0.4, 0.5) is 0 Å². The largest absolute Gasteiger partial charge is 0.379 e. The summed E-state index contributed by atoms with van der Waals surface area (Å²) in [5, 5.41) is 3.97. The topological polar surface area (TPSA) is 74.2 Å². The molecule has 1 aromatic rings. The Morgan fingerprint density at radius 3 is 2.82 bits per heavy atom. The van der Waals surface area contributed by atoms with E-state index in [1.807, 2.05) is 0 Å². The molecular formula is C11H19N3O2S. The molecule has 1 saturated heterocycles. The van der Waals surface area contributed by atoms with Crippen LogP contribution in [0.3, 0.4) is 0 Å². The summed E-state index contributed by atoms with van der Waals surface area (Å²) in [7, 11) is 0. The van der Waals surface area contributed by atoms with Crippen molar-refractivity contribution < 1.29 is 9.26 Å². The van der Waals surface area contributed by atoms with E-state index in [9.17, 15) is 0 Å². The molecule has 1 aromatic heterocycles. The third-order valence-electron chi connectivity index (χ3n) is 2.58. The van der Waals surface area contributed by atoms with Crippen LogP contribution in [0.5, 0.6) is 0 Å². The molecule has 0 aliphatic carbocycles. The third kappa shape index (κ3) is 3.20. The van der Waals surface area contributed by atoms with Crippen molar-refractivity contribution in [3.05, 3.63) is 11.7 Å². The molecule has 1 aliphatic heterocycles. The highest BCUT2D eigenvalue weighted by Gasteiger charge is 2.38. The maximum atomic E-state index is 6.15. The summed E-state index contributed by atoms with van der Waals surface area (Å²) in [6.07, 6.45) is 0.737. The molecule has 17 heavy (non-hydrogen) atoms. The molecule has 1 unspecified atom stereocenters. The lowest BCUT2D eigenvalue weighted by Crippen LogP contribution is -2.37. The molecule has 5 nitrogen and oxygen atoms in total. The molecule has 0 aromatic carbocycles. The van der Waals surface area contributed by atoms with Crippen LogP contribution in [0.2, 0.25) is 0 Å². The molecule has 6 heteroatoms. The molecule has 96 valence electrons. The minimum atomic E-state index is -0.586.